The summed E-state index contributed by atoms with van der Waals surface area (Å²) in [4.78, 5) is 45.0. The highest BCUT2D eigenvalue weighted by Gasteiger charge is 2.27. The van der Waals surface area contributed by atoms with Crippen molar-refractivity contribution in [3.8, 4) is 0 Å². The number of nitrogens with one attached hydrogen (secondary N) is 2. The van der Waals surface area contributed by atoms with Gasteiger partial charge in [-0.2, -0.15) is 0 Å². The third-order valence-electron chi connectivity index (χ3n) is 2.81. The number of hydrogen-bond donors (Lipinski definition) is 5. The SMILES string of the molecule is CC(C)CC(N)C(=O)NC(C)C(=O)NC(CC(=O)O)C(=O)O. The summed E-state index contributed by atoms with van der Waals surface area (Å²) in [6.07, 6.45) is -0.314. The number of carboxylic acid groups (broad SMARTS) is 2. The fraction of sp³-hybridized carbons (Fsp3) is 0.692. The molecule has 9 heteroatoms. The molecule has 0 saturated heterocycles. The molecule has 126 valence electrons. The van der Waals surface area contributed by atoms with Crippen LogP contribution in [0, 0.1) is 5.92 Å². The van der Waals surface area contributed by atoms with E-state index in [1.54, 1.807) is 0 Å². The van der Waals surface area contributed by atoms with Crippen LogP contribution in [-0.2, 0) is 19.2 Å². The molecule has 3 unspecified atom stereocenters. The van der Waals surface area contributed by atoms with Crippen LogP contribution in [-0.4, -0.2) is 52.1 Å². The van der Waals surface area contributed by atoms with Crippen LogP contribution in [0.15, 0.2) is 0 Å². The Morgan fingerprint density at radius 3 is 1.95 bits per heavy atom. The van der Waals surface area contributed by atoms with Gasteiger partial charge in [0.1, 0.15) is 12.1 Å². The van der Waals surface area contributed by atoms with Gasteiger partial charge >= 0.3 is 11.9 Å². The molecule has 0 rings (SSSR count). The van der Waals surface area contributed by atoms with Gasteiger partial charge in [-0.1, -0.05) is 13.8 Å². The molecule has 22 heavy (non-hydrogen) atoms. The Kier molecular flexibility index (Phi) is 8.10. The number of carboxylic acids is 2. The first-order valence-electron chi connectivity index (χ1n) is 6.85. The molecule has 0 radical (unpaired) electrons. The van der Waals surface area contributed by atoms with Crippen LogP contribution in [0.25, 0.3) is 0 Å². The lowest BCUT2D eigenvalue weighted by Gasteiger charge is -2.20. The first-order valence-corrected chi connectivity index (χ1v) is 6.85. The van der Waals surface area contributed by atoms with E-state index in [4.69, 9.17) is 15.9 Å². The van der Waals surface area contributed by atoms with E-state index in [2.05, 4.69) is 10.6 Å². The van der Waals surface area contributed by atoms with Crippen LogP contribution in [0.2, 0.25) is 0 Å². The van der Waals surface area contributed by atoms with E-state index in [1.165, 1.54) is 6.92 Å². The summed E-state index contributed by atoms with van der Waals surface area (Å²) in [5.41, 5.74) is 5.67. The van der Waals surface area contributed by atoms with Crippen molar-refractivity contribution in [1.29, 1.82) is 0 Å². The van der Waals surface area contributed by atoms with Crippen molar-refractivity contribution in [2.75, 3.05) is 0 Å². The molecular formula is C13H23N3O6. The number of hydrogen-bond acceptors (Lipinski definition) is 5. The van der Waals surface area contributed by atoms with Crippen molar-refractivity contribution < 1.29 is 29.4 Å². The first kappa shape index (κ1) is 19.8. The van der Waals surface area contributed by atoms with Crippen molar-refractivity contribution in [2.24, 2.45) is 11.7 Å². The second-order valence-electron chi connectivity index (χ2n) is 5.46. The summed E-state index contributed by atoms with van der Waals surface area (Å²) in [7, 11) is 0. The number of carbonyl (C=O) groups excluding carboxylic acids is 2. The number of carbonyl (C=O) groups is 4. The normalized spacial score (nSPS) is 14.8. The second kappa shape index (κ2) is 8.98. The lowest BCUT2D eigenvalue weighted by atomic mass is 10.0. The molecule has 0 aliphatic heterocycles. The molecule has 0 spiro atoms. The third kappa shape index (κ3) is 7.58. The lowest BCUT2D eigenvalue weighted by Crippen LogP contribution is -2.53. The highest BCUT2D eigenvalue weighted by Crippen LogP contribution is 2.03. The Morgan fingerprint density at radius 2 is 1.55 bits per heavy atom. The molecule has 2 amide bonds. The first-order chi connectivity index (χ1) is 10.0. The Bertz CT molecular complexity index is 437. The fourth-order valence-electron chi connectivity index (χ4n) is 1.67. The predicted molar refractivity (Wildman–Crippen MR) is 76.9 cm³/mol. The van der Waals surface area contributed by atoms with Crippen molar-refractivity contribution in [1.82, 2.24) is 10.6 Å². The molecule has 0 fully saturated rings. The van der Waals surface area contributed by atoms with E-state index in [1.807, 2.05) is 13.8 Å². The maximum atomic E-state index is 11.8. The molecule has 0 aromatic rings. The standard InChI is InChI=1S/C13H23N3O6/c1-6(2)4-8(14)12(20)15-7(3)11(19)16-9(13(21)22)5-10(17)18/h6-9H,4-5,14H2,1-3H3,(H,15,20)(H,16,19)(H,17,18)(H,21,22). The average Bonchev–Trinajstić information content (AvgIpc) is 2.35. The monoisotopic (exact) mass is 317 g/mol. The molecule has 0 aliphatic carbocycles. The van der Waals surface area contributed by atoms with Gasteiger partial charge in [0.2, 0.25) is 11.8 Å². The van der Waals surface area contributed by atoms with Gasteiger partial charge in [-0.3, -0.25) is 14.4 Å². The second-order valence-corrected chi connectivity index (χ2v) is 5.46. The Labute approximate surface area is 128 Å². The van der Waals surface area contributed by atoms with E-state index in [0.29, 0.717) is 6.42 Å². The van der Waals surface area contributed by atoms with Gasteiger partial charge in [-0.05, 0) is 19.3 Å². The molecular weight excluding hydrogens is 294 g/mol. The van der Waals surface area contributed by atoms with Gasteiger partial charge in [0, 0.05) is 0 Å². The van der Waals surface area contributed by atoms with Crippen LogP contribution in [0.5, 0.6) is 0 Å². The van der Waals surface area contributed by atoms with Gasteiger partial charge in [0.15, 0.2) is 0 Å². The average molecular weight is 317 g/mol. The van der Waals surface area contributed by atoms with Crippen LogP contribution in [0.1, 0.15) is 33.6 Å². The Balaban J connectivity index is 4.55. The quantitative estimate of drug-likeness (QED) is 0.361. The van der Waals surface area contributed by atoms with Crippen molar-refractivity contribution in [3.05, 3.63) is 0 Å². The van der Waals surface area contributed by atoms with Crippen LogP contribution in [0.4, 0.5) is 0 Å². The minimum Gasteiger partial charge on any atom is -0.481 e. The fourth-order valence-corrected chi connectivity index (χ4v) is 1.67. The predicted octanol–water partition coefficient (Wildman–Crippen LogP) is -1.09. The maximum Gasteiger partial charge on any atom is 0.326 e. The van der Waals surface area contributed by atoms with Gasteiger partial charge < -0.3 is 26.6 Å². The molecule has 0 aromatic carbocycles. The van der Waals surface area contributed by atoms with E-state index in [-0.39, 0.29) is 5.92 Å². The van der Waals surface area contributed by atoms with E-state index in [0.717, 1.165) is 0 Å². The topological polar surface area (TPSA) is 159 Å². The molecule has 0 bridgehead atoms. The van der Waals surface area contributed by atoms with Crippen LogP contribution < -0.4 is 16.4 Å². The molecule has 0 heterocycles. The van der Waals surface area contributed by atoms with Crippen molar-refractivity contribution >= 4 is 23.8 Å². The van der Waals surface area contributed by atoms with E-state index < -0.39 is 48.3 Å². The molecule has 6 N–H and O–H groups in total. The molecule has 0 aliphatic rings. The number of nitrogens with two attached hydrogens (primary N) is 1. The van der Waals surface area contributed by atoms with E-state index >= 15 is 0 Å². The van der Waals surface area contributed by atoms with Gasteiger partial charge in [0.25, 0.3) is 0 Å². The number of amides is 2. The Morgan fingerprint density at radius 1 is 1.00 bits per heavy atom. The zero-order valence-electron chi connectivity index (χ0n) is 12.8. The summed E-state index contributed by atoms with van der Waals surface area (Å²) in [6.45, 7) is 5.15. The summed E-state index contributed by atoms with van der Waals surface area (Å²) < 4.78 is 0. The number of aliphatic carboxylic acids is 2. The smallest absolute Gasteiger partial charge is 0.326 e. The maximum absolute atomic E-state index is 11.8. The summed E-state index contributed by atoms with van der Waals surface area (Å²) >= 11 is 0. The van der Waals surface area contributed by atoms with Crippen molar-refractivity contribution in [3.63, 3.8) is 0 Å². The molecule has 0 aromatic heterocycles. The van der Waals surface area contributed by atoms with E-state index in [9.17, 15) is 19.2 Å². The highest BCUT2D eigenvalue weighted by molar-refractivity contribution is 5.92. The minimum atomic E-state index is -1.56. The van der Waals surface area contributed by atoms with Gasteiger partial charge in [-0.25, -0.2) is 4.79 Å². The molecule has 9 nitrogen and oxygen atoms in total. The van der Waals surface area contributed by atoms with Crippen LogP contribution in [0.3, 0.4) is 0 Å². The highest BCUT2D eigenvalue weighted by atomic mass is 16.4. The zero-order valence-corrected chi connectivity index (χ0v) is 12.8. The summed E-state index contributed by atoms with van der Waals surface area (Å²) in [5, 5.41) is 21.8. The Hall–Kier alpha value is -2.16. The van der Waals surface area contributed by atoms with Gasteiger partial charge in [0.05, 0.1) is 12.5 Å². The van der Waals surface area contributed by atoms with Crippen LogP contribution >= 0.6 is 0 Å². The lowest BCUT2D eigenvalue weighted by molar-refractivity contribution is -0.147. The number of rotatable bonds is 9. The third-order valence-corrected chi connectivity index (χ3v) is 2.81. The van der Waals surface area contributed by atoms with Gasteiger partial charge in [-0.15, -0.1) is 0 Å². The zero-order chi connectivity index (χ0) is 17.4. The summed E-state index contributed by atoms with van der Waals surface area (Å²) in [5.74, 6) is -3.94. The minimum absolute atomic E-state index is 0.205. The molecule has 3 atom stereocenters. The largest absolute Gasteiger partial charge is 0.481 e. The van der Waals surface area contributed by atoms with Crippen molar-refractivity contribution in [2.45, 2.75) is 51.7 Å². The summed E-state index contributed by atoms with van der Waals surface area (Å²) in [6, 6.07) is -3.36. The molecule has 0 saturated carbocycles.